The van der Waals surface area contributed by atoms with Gasteiger partial charge < -0.3 is 15.7 Å². The number of halogens is 2. The third-order valence-corrected chi connectivity index (χ3v) is 6.32. The van der Waals surface area contributed by atoms with E-state index in [1.807, 2.05) is 30.3 Å². The van der Waals surface area contributed by atoms with Gasteiger partial charge in [-0.3, -0.25) is 14.4 Å². The molecule has 0 aliphatic rings. The van der Waals surface area contributed by atoms with Crippen LogP contribution in [0.1, 0.15) is 23.7 Å². The molecule has 0 aliphatic heterocycles. The van der Waals surface area contributed by atoms with Crippen LogP contribution in [0, 0.1) is 0 Å². The van der Waals surface area contributed by atoms with E-state index in [4.69, 9.17) is 28.3 Å². The Morgan fingerprint density at radius 3 is 2.24 bits per heavy atom. The Labute approximate surface area is 205 Å². The fraction of sp³-hybridized carbons (Fsp3) is 0.125. The average Bonchev–Trinajstić information content (AvgIpc) is 2.80. The van der Waals surface area contributed by atoms with Crippen LogP contribution in [0.15, 0.2) is 77.7 Å². The highest BCUT2D eigenvalue weighted by molar-refractivity contribution is 8.00. The van der Waals surface area contributed by atoms with E-state index in [0.29, 0.717) is 21.4 Å². The van der Waals surface area contributed by atoms with E-state index in [0.717, 1.165) is 10.5 Å². The second kappa shape index (κ2) is 11.7. The third-order valence-electron chi connectivity index (χ3n) is 4.48. The molecule has 0 aliphatic carbocycles. The van der Waals surface area contributed by atoms with Gasteiger partial charge in [-0.2, -0.15) is 0 Å². The van der Waals surface area contributed by atoms with Gasteiger partial charge in [0.15, 0.2) is 0 Å². The van der Waals surface area contributed by atoms with Crippen LogP contribution in [-0.2, 0) is 14.4 Å². The van der Waals surface area contributed by atoms with Crippen molar-refractivity contribution in [2.75, 3.05) is 10.6 Å². The highest BCUT2D eigenvalue weighted by atomic mass is 35.5. The van der Waals surface area contributed by atoms with Crippen LogP contribution in [0.4, 0.5) is 11.4 Å². The number of carboxylic acids is 1. The first-order valence-electron chi connectivity index (χ1n) is 9.91. The number of rotatable bonds is 9. The topological polar surface area (TPSA) is 95.5 Å². The molecule has 0 spiro atoms. The number of anilines is 2. The maximum atomic E-state index is 13.2. The summed E-state index contributed by atoms with van der Waals surface area (Å²) in [6.07, 6.45) is -0.335. The first kappa shape index (κ1) is 24.6. The molecule has 2 amide bonds. The van der Waals surface area contributed by atoms with Crippen LogP contribution >= 0.6 is 35.0 Å². The quantitative estimate of drug-likeness (QED) is 0.299. The Morgan fingerprint density at radius 1 is 0.879 bits per heavy atom. The largest absolute Gasteiger partial charge is 0.481 e. The van der Waals surface area contributed by atoms with Gasteiger partial charge >= 0.3 is 5.97 Å². The van der Waals surface area contributed by atoms with E-state index in [9.17, 15) is 14.4 Å². The summed E-state index contributed by atoms with van der Waals surface area (Å²) in [7, 11) is 0. The third kappa shape index (κ3) is 7.53. The summed E-state index contributed by atoms with van der Waals surface area (Å²) < 4.78 is 0. The molecule has 6 nitrogen and oxygen atoms in total. The number of thioether (sulfide) groups is 1. The molecule has 3 aromatic rings. The molecule has 0 saturated carbocycles. The van der Waals surface area contributed by atoms with Crippen molar-refractivity contribution in [3.8, 4) is 0 Å². The second-order valence-corrected chi connectivity index (χ2v) is 9.01. The Morgan fingerprint density at radius 2 is 1.58 bits per heavy atom. The number of hydrogen-bond acceptors (Lipinski definition) is 4. The molecule has 0 saturated heterocycles. The molecule has 0 bridgehead atoms. The number of carbonyl (C=O) groups excluding carboxylic acids is 2. The number of amides is 2. The van der Waals surface area contributed by atoms with Gasteiger partial charge in [-0.05, 0) is 48.0 Å². The van der Waals surface area contributed by atoms with Gasteiger partial charge in [0.1, 0.15) is 5.25 Å². The van der Waals surface area contributed by atoms with Crippen molar-refractivity contribution in [3.05, 3.63) is 88.4 Å². The molecule has 9 heteroatoms. The van der Waals surface area contributed by atoms with Crippen LogP contribution in [0.5, 0.6) is 0 Å². The minimum atomic E-state index is -1.03. The normalized spacial score (nSPS) is 11.5. The average molecular weight is 503 g/mol. The van der Waals surface area contributed by atoms with E-state index in [2.05, 4.69) is 10.6 Å². The lowest BCUT2D eigenvalue weighted by Gasteiger charge is -2.18. The summed E-state index contributed by atoms with van der Waals surface area (Å²) in [5, 5.41) is 14.5. The van der Waals surface area contributed by atoms with Gasteiger partial charge in [0, 0.05) is 22.0 Å². The second-order valence-electron chi connectivity index (χ2n) is 6.99. The van der Waals surface area contributed by atoms with Gasteiger partial charge in [-0.25, -0.2) is 0 Å². The fourth-order valence-corrected chi connectivity index (χ4v) is 4.25. The summed E-state index contributed by atoms with van der Waals surface area (Å²) in [6.45, 7) is 0. The van der Waals surface area contributed by atoms with E-state index in [-0.39, 0.29) is 24.7 Å². The first-order valence-corrected chi connectivity index (χ1v) is 11.5. The predicted octanol–water partition coefficient (Wildman–Crippen LogP) is 6.27. The molecular weight excluding hydrogens is 483 g/mol. The number of nitrogens with one attached hydrogen (secondary N) is 2. The summed E-state index contributed by atoms with van der Waals surface area (Å²) in [4.78, 5) is 36.4. The lowest BCUT2D eigenvalue weighted by atomic mass is 10.1. The minimum absolute atomic E-state index is 0.103. The maximum absolute atomic E-state index is 13.2. The Balaban J connectivity index is 1.74. The Kier molecular flexibility index (Phi) is 8.77. The van der Waals surface area contributed by atoms with Crippen LogP contribution < -0.4 is 10.6 Å². The van der Waals surface area contributed by atoms with Crippen molar-refractivity contribution in [2.24, 2.45) is 0 Å². The molecule has 1 atom stereocenters. The number of aliphatic carboxylic acids is 1. The van der Waals surface area contributed by atoms with E-state index >= 15 is 0 Å². The van der Waals surface area contributed by atoms with Crippen LogP contribution in [-0.4, -0.2) is 22.9 Å². The molecule has 33 heavy (non-hydrogen) atoms. The number of benzene rings is 3. The van der Waals surface area contributed by atoms with Gasteiger partial charge in [0.25, 0.3) is 0 Å². The van der Waals surface area contributed by atoms with Crippen molar-refractivity contribution in [1.29, 1.82) is 0 Å². The SMILES string of the molecule is O=C(O)CCC(=O)Nc1ccc(SC(C(=O)Nc2cc(Cl)ccc2Cl)c2ccccc2)cc1. The van der Waals surface area contributed by atoms with Crippen molar-refractivity contribution >= 4 is 64.1 Å². The Hall–Kier alpha value is -3.00. The Bertz CT molecular complexity index is 1140. The molecule has 3 rings (SSSR count). The zero-order valence-electron chi connectivity index (χ0n) is 17.3. The highest BCUT2D eigenvalue weighted by Gasteiger charge is 2.23. The molecule has 0 radical (unpaired) electrons. The lowest BCUT2D eigenvalue weighted by Crippen LogP contribution is -2.19. The number of carbonyl (C=O) groups is 3. The maximum Gasteiger partial charge on any atom is 0.303 e. The zero-order valence-corrected chi connectivity index (χ0v) is 19.6. The van der Waals surface area contributed by atoms with Crippen molar-refractivity contribution < 1.29 is 19.5 Å². The smallest absolute Gasteiger partial charge is 0.303 e. The van der Waals surface area contributed by atoms with Crippen molar-refractivity contribution in [1.82, 2.24) is 0 Å². The number of hydrogen-bond donors (Lipinski definition) is 3. The van der Waals surface area contributed by atoms with Crippen LogP contribution in [0.3, 0.4) is 0 Å². The van der Waals surface area contributed by atoms with E-state index in [1.54, 1.807) is 42.5 Å². The van der Waals surface area contributed by atoms with Crippen molar-refractivity contribution in [2.45, 2.75) is 23.0 Å². The monoisotopic (exact) mass is 502 g/mol. The highest BCUT2D eigenvalue weighted by Crippen LogP contribution is 2.37. The molecule has 1 unspecified atom stereocenters. The summed E-state index contributed by atoms with van der Waals surface area (Å²) >= 11 is 13.6. The van der Waals surface area contributed by atoms with Crippen LogP contribution in [0.25, 0.3) is 0 Å². The standard InChI is InChI=1S/C24H20Cl2N2O4S/c25-16-6-11-19(26)20(14-16)28-24(32)23(15-4-2-1-3-5-15)33-18-9-7-17(8-10-18)27-21(29)12-13-22(30)31/h1-11,14,23H,12-13H2,(H,27,29)(H,28,32)(H,30,31). The van der Waals surface area contributed by atoms with Gasteiger partial charge in [0.2, 0.25) is 11.8 Å². The van der Waals surface area contributed by atoms with Crippen LogP contribution in [0.2, 0.25) is 10.0 Å². The molecule has 3 N–H and O–H groups in total. The predicted molar refractivity (Wildman–Crippen MR) is 132 cm³/mol. The van der Waals surface area contributed by atoms with Gasteiger partial charge in [0.05, 0.1) is 17.1 Å². The molecular formula is C24H20Cl2N2O4S. The van der Waals surface area contributed by atoms with E-state index in [1.165, 1.54) is 11.8 Å². The molecule has 0 aromatic heterocycles. The summed E-state index contributed by atoms with van der Waals surface area (Å²) in [5.41, 5.74) is 1.78. The fourth-order valence-electron chi connectivity index (χ4n) is 2.89. The first-order chi connectivity index (χ1) is 15.8. The lowest BCUT2D eigenvalue weighted by molar-refractivity contribution is -0.138. The summed E-state index contributed by atoms with van der Waals surface area (Å²) in [5.74, 6) is -1.67. The van der Waals surface area contributed by atoms with Gasteiger partial charge in [-0.15, -0.1) is 11.8 Å². The molecule has 0 heterocycles. The number of carboxylic acid groups (broad SMARTS) is 1. The molecule has 3 aromatic carbocycles. The summed E-state index contributed by atoms with van der Waals surface area (Å²) in [6, 6.07) is 21.2. The molecule has 170 valence electrons. The van der Waals surface area contributed by atoms with Crippen molar-refractivity contribution in [3.63, 3.8) is 0 Å². The van der Waals surface area contributed by atoms with E-state index < -0.39 is 11.2 Å². The van der Waals surface area contributed by atoms with Gasteiger partial charge in [-0.1, -0.05) is 53.5 Å². The zero-order chi connectivity index (χ0) is 23.8. The minimum Gasteiger partial charge on any atom is -0.481 e. The molecule has 0 fully saturated rings.